The van der Waals surface area contributed by atoms with Gasteiger partial charge in [-0.15, -0.1) is 11.8 Å². The van der Waals surface area contributed by atoms with Gasteiger partial charge in [-0.2, -0.15) is 0 Å². The van der Waals surface area contributed by atoms with E-state index in [2.05, 4.69) is 54.4 Å². The fraction of sp³-hybridized carbons (Fsp3) is 0.632. The van der Waals surface area contributed by atoms with Crippen LogP contribution in [0.5, 0.6) is 0 Å². The topological polar surface area (TPSA) is 36.9 Å². The van der Waals surface area contributed by atoms with E-state index in [9.17, 15) is 0 Å². The Morgan fingerprint density at radius 1 is 1.38 bits per heavy atom. The summed E-state index contributed by atoms with van der Waals surface area (Å²) in [5.74, 6) is 3.00. The van der Waals surface area contributed by atoms with Gasteiger partial charge < -0.3 is 15.0 Å². The first-order valence-electron chi connectivity index (χ1n) is 8.97. The molecular weight excluding hydrogens is 318 g/mol. The highest BCUT2D eigenvalue weighted by atomic mass is 32.2. The number of nitrogens with one attached hydrogen (secondary N) is 1. The van der Waals surface area contributed by atoms with Gasteiger partial charge in [0.15, 0.2) is 5.96 Å². The SMILES string of the molecule is CCNC(=NCC1(C)COC1)N1CCC(CSc2ccccc2)C1. The highest BCUT2D eigenvalue weighted by Gasteiger charge is 2.33. The van der Waals surface area contributed by atoms with Gasteiger partial charge in [0.2, 0.25) is 0 Å². The Morgan fingerprint density at radius 2 is 2.17 bits per heavy atom. The van der Waals surface area contributed by atoms with Crippen LogP contribution in [0.1, 0.15) is 20.3 Å². The van der Waals surface area contributed by atoms with Crippen LogP contribution in [0.4, 0.5) is 0 Å². The molecule has 2 heterocycles. The van der Waals surface area contributed by atoms with Gasteiger partial charge in [0.05, 0.1) is 19.8 Å². The molecule has 24 heavy (non-hydrogen) atoms. The molecule has 1 atom stereocenters. The summed E-state index contributed by atoms with van der Waals surface area (Å²) in [4.78, 5) is 8.69. The number of hydrogen-bond acceptors (Lipinski definition) is 3. The Kier molecular flexibility index (Phi) is 6.06. The van der Waals surface area contributed by atoms with Crippen molar-refractivity contribution in [2.75, 3.05) is 45.1 Å². The molecule has 132 valence electrons. The molecule has 3 rings (SSSR count). The van der Waals surface area contributed by atoms with Crippen molar-refractivity contribution in [3.8, 4) is 0 Å². The van der Waals surface area contributed by atoms with Crippen molar-refractivity contribution in [1.29, 1.82) is 0 Å². The largest absolute Gasteiger partial charge is 0.380 e. The molecule has 1 unspecified atom stereocenters. The summed E-state index contributed by atoms with van der Waals surface area (Å²) in [5, 5.41) is 3.47. The highest BCUT2D eigenvalue weighted by Crippen LogP contribution is 2.28. The standard InChI is InChI=1S/C19H29N3OS/c1-3-20-18(21-13-19(2)14-23-15-19)22-10-9-16(11-22)12-24-17-7-5-4-6-8-17/h4-8,16H,3,9-15H2,1-2H3,(H,20,21). The zero-order valence-corrected chi connectivity index (χ0v) is 15.6. The number of thioether (sulfide) groups is 1. The van der Waals surface area contributed by atoms with Gasteiger partial charge in [0.1, 0.15) is 0 Å². The van der Waals surface area contributed by atoms with Gasteiger partial charge in [0.25, 0.3) is 0 Å². The van der Waals surface area contributed by atoms with Crippen molar-refractivity contribution in [2.45, 2.75) is 25.2 Å². The molecule has 2 fully saturated rings. The lowest BCUT2D eigenvalue weighted by Gasteiger charge is -2.37. The van der Waals surface area contributed by atoms with Crippen LogP contribution in [-0.4, -0.2) is 56.0 Å². The molecule has 2 aliphatic heterocycles. The Morgan fingerprint density at radius 3 is 2.83 bits per heavy atom. The zero-order chi connectivity index (χ0) is 16.8. The summed E-state index contributed by atoms with van der Waals surface area (Å²) < 4.78 is 5.34. The summed E-state index contributed by atoms with van der Waals surface area (Å²) in [7, 11) is 0. The molecular formula is C19H29N3OS. The van der Waals surface area contributed by atoms with Crippen LogP contribution in [0.25, 0.3) is 0 Å². The van der Waals surface area contributed by atoms with E-state index in [0.717, 1.165) is 51.3 Å². The van der Waals surface area contributed by atoms with Crippen LogP contribution in [-0.2, 0) is 4.74 Å². The van der Waals surface area contributed by atoms with Gasteiger partial charge in [-0.05, 0) is 31.4 Å². The molecule has 0 saturated carbocycles. The molecule has 5 heteroatoms. The van der Waals surface area contributed by atoms with Gasteiger partial charge in [-0.25, -0.2) is 0 Å². The van der Waals surface area contributed by atoms with E-state index < -0.39 is 0 Å². The molecule has 0 aromatic heterocycles. The highest BCUT2D eigenvalue weighted by molar-refractivity contribution is 7.99. The van der Waals surface area contributed by atoms with Crippen LogP contribution >= 0.6 is 11.8 Å². The predicted octanol–water partition coefficient (Wildman–Crippen LogP) is 3.10. The normalized spacial score (nSPS) is 23.2. The minimum absolute atomic E-state index is 0.239. The molecule has 1 aromatic rings. The monoisotopic (exact) mass is 347 g/mol. The quantitative estimate of drug-likeness (QED) is 0.487. The van der Waals surface area contributed by atoms with E-state index in [1.165, 1.54) is 17.1 Å². The number of likely N-dealkylation sites (tertiary alicyclic amines) is 1. The summed E-state index contributed by atoms with van der Waals surface area (Å²) >= 11 is 1.97. The second-order valence-corrected chi connectivity index (χ2v) is 8.29. The molecule has 0 amide bonds. The Hall–Kier alpha value is -1.20. The third-order valence-electron chi connectivity index (χ3n) is 4.66. The van der Waals surface area contributed by atoms with Crippen molar-refractivity contribution in [3.63, 3.8) is 0 Å². The first kappa shape index (κ1) is 17.6. The lowest BCUT2D eigenvalue weighted by molar-refractivity contribution is -0.0945. The van der Waals surface area contributed by atoms with Crippen LogP contribution in [0.15, 0.2) is 40.2 Å². The average molecular weight is 348 g/mol. The van der Waals surface area contributed by atoms with Crippen molar-refractivity contribution in [2.24, 2.45) is 16.3 Å². The Labute approximate surface area is 150 Å². The maximum Gasteiger partial charge on any atom is 0.193 e. The van der Waals surface area contributed by atoms with Crippen LogP contribution in [0.2, 0.25) is 0 Å². The number of ether oxygens (including phenoxy) is 1. The fourth-order valence-electron chi connectivity index (χ4n) is 3.13. The van der Waals surface area contributed by atoms with Crippen LogP contribution in [0.3, 0.4) is 0 Å². The van der Waals surface area contributed by atoms with E-state index in [1.807, 2.05) is 11.8 Å². The lowest BCUT2D eigenvalue weighted by Crippen LogP contribution is -2.45. The number of benzene rings is 1. The number of rotatable bonds is 6. The van der Waals surface area contributed by atoms with Crippen molar-refractivity contribution < 1.29 is 4.74 Å². The Bertz CT molecular complexity index is 545. The molecule has 1 N–H and O–H groups in total. The molecule has 1 aromatic carbocycles. The van der Waals surface area contributed by atoms with Crippen molar-refractivity contribution >= 4 is 17.7 Å². The van der Waals surface area contributed by atoms with E-state index in [0.29, 0.717) is 0 Å². The second kappa shape index (κ2) is 8.26. The van der Waals surface area contributed by atoms with E-state index >= 15 is 0 Å². The maximum atomic E-state index is 5.34. The molecule has 4 nitrogen and oxygen atoms in total. The molecule has 2 saturated heterocycles. The fourth-order valence-corrected chi connectivity index (χ4v) is 4.18. The zero-order valence-electron chi connectivity index (χ0n) is 14.8. The smallest absolute Gasteiger partial charge is 0.193 e. The molecule has 2 aliphatic rings. The lowest BCUT2D eigenvalue weighted by atomic mass is 9.89. The summed E-state index contributed by atoms with van der Waals surface area (Å²) in [5.41, 5.74) is 0.239. The number of nitrogens with zero attached hydrogens (tertiary/aromatic N) is 2. The average Bonchev–Trinajstić information content (AvgIpc) is 3.05. The second-order valence-electron chi connectivity index (χ2n) is 7.20. The third kappa shape index (κ3) is 4.67. The van der Waals surface area contributed by atoms with Gasteiger partial charge in [-0.1, -0.05) is 25.1 Å². The summed E-state index contributed by atoms with van der Waals surface area (Å²) in [6, 6.07) is 10.7. The number of hydrogen-bond donors (Lipinski definition) is 1. The number of aliphatic imine (C=N–C) groups is 1. The predicted molar refractivity (Wildman–Crippen MR) is 102 cm³/mol. The number of guanidine groups is 1. The van der Waals surface area contributed by atoms with E-state index in [1.54, 1.807) is 0 Å². The first-order chi connectivity index (χ1) is 11.7. The van der Waals surface area contributed by atoms with Crippen molar-refractivity contribution in [1.82, 2.24) is 10.2 Å². The van der Waals surface area contributed by atoms with E-state index in [4.69, 9.17) is 9.73 Å². The maximum absolute atomic E-state index is 5.34. The summed E-state index contributed by atoms with van der Waals surface area (Å²) in [6.07, 6.45) is 1.25. The van der Waals surface area contributed by atoms with E-state index in [-0.39, 0.29) is 5.41 Å². The first-order valence-corrected chi connectivity index (χ1v) is 9.96. The van der Waals surface area contributed by atoms with Crippen molar-refractivity contribution in [3.05, 3.63) is 30.3 Å². The molecule has 0 spiro atoms. The minimum atomic E-state index is 0.239. The third-order valence-corrected chi connectivity index (χ3v) is 5.90. The van der Waals surface area contributed by atoms with Gasteiger partial charge in [-0.3, -0.25) is 4.99 Å². The molecule has 0 radical (unpaired) electrons. The molecule has 0 bridgehead atoms. The Balaban J connectivity index is 1.50. The molecule has 0 aliphatic carbocycles. The van der Waals surface area contributed by atoms with Gasteiger partial charge >= 0.3 is 0 Å². The van der Waals surface area contributed by atoms with Crippen LogP contribution in [0, 0.1) is 11.3 Å². The van der Waals surface area contributed by atoms with Crippen LogP contribution < -0.4 is 5.32 Å². The van der Waals surface area contributed by atoms with Gasteiger partial charge in [0, 0.05) is 35.7 Å². The minimum Gasteiger partial charge on any atom is -0.380 e. The summed E-state index contributed by atoms with van der Waals surface area (Å²) in [6.45, 7) is 10.1.